The van der Waals surface area contributed by atoms with Crippen molar-refractivity contribution in [3.8, 4) is 5.69 Å². The minimum atomic E-state index is -4.83. The Kier molecular flexibility index (Phi) is 6.19. The van der Waals surface area contributed by atoms with Crippen molar-refractivity contribution < 1.29 is 22.6 Å². The van der Waals surface area contributed by atoms with Crippen LogP contribution in [-0.2, 0) is 29.3 Å². The molecule has 2 aromatic heterocycles. The highest BCUT2D eigenvalue weighted by molar-refractivity contribution is 7.13. The fourth-order valence-electron chi connectivity index (χ4n) is 3.39. The topological polar surface area (TPSA) is 75.3 Å². The van der Waals surface area contributed by atoms with Crippen LogP contribution in [0.3, 0.4) is 0 Å². The van der Waals surface area contributed by atoms with Gasteiger partial charge in [-0.1, -0.05) is 30.3 Å². The monoisotopic (exact) mass is 477 g/mol. The number of hydrogen-bond acceptors (Lipinski definition) is 6. The van der Waals surface area contributed by atoms with Gasteiger partial charge in [-0.2, -0.15) is 17.5 Å². The normalized spacial score (nSPS) is 12.9. The smallest absolute Gasteiger partial charge is 0.350 e. The minimum absolute atomic E-state index is 0.112. The van der Waals surface area contributed by atoms with Crippen molar-refractivity contribution in [3.05, 3.63) is 92.4 Å². The molecule has 0 amide bonds. The summed E-state index contributed by atoms with van der Waals surface area (Å²) in [5, 5.41) is 0.561. The van der Waals surface area contributed by atoms with Gasteiger partial charge in [0.15, 0.2) is 0 Å². The molecule has 172 valence electrons. The van der Waals surface area contributed by atoms with Gasteiger partial charge in [0.2, 0.25) is 6.29 Å². The Hall–Kier alpha value is -3.28. The van der Waals surface area contributed by atoms with Crippen LogP contribution in [0.4, 0.5) is 13.2 Å². The van der Waals surface area contributed by atoms with Crippen LogP contribution in [0, 0.1) is 0 Å². The van der Waals surface area contributed by atoms with Gasteiger partial charge in [-0.15, -0.1) is 0 Å². The molecule has 0 bridgehead atoms. The fourth-order valence-corrected chi connectivity index (χ4v) is 4.17. The molecule has 1 unspecified atom stereocenters. The van der Waals surface area contributed by atoms with Crippen molar-refractivity contribution in [2.24, 2.45) is 7.05 Å². The number of fused-ring (bicyclic) bond motifs is 1. The molecule has 0 spiro atoms. The lowest BCUT2D eigenvalue weighted by Crippen LogP contribution is -2.40. The van der Waals surface area contributed by atoms with Crippen LogP contribution in [-0.4, -0.2) is 20.6 Å². The molecule has 2 heterocycles. The summed E-state index contributed by atoms with van der Waals surface area (Å²) in [5.41, 5.74) is -2.03. The van der Waals surface area contributed by atoms with E-state index >= 15 is 0 Å². The number of rotatable bonds is 6. The molecule has 0 fully saturated rings. The van der Waals surface area contributed by atoms with E-state index in [4.69, 9.17) is 9.47 Å². The van der Waals surface area contributed by atoms with E-state index in [0.717, 1.165) is 17.3 Å². The first-order chi connectivity index (χ1) is 15.7. The number of methoxy groups -OCH3 is 1. The standard InChI is InChI=1S/C22H18F3N3O4S/c1-27-17(22(23,24)25)11-18(29)28(21(27)30)14-8-9-16-15(10-14)19(26-33-16)20(31-2)32-12-13-6-4-3-5-7-13/h3-11,20H,12H2,1-2H3. The maximum atomic E-state index is 13.1. The second kappa shape index (κ2) is 8.93. The Morgan fingerprint density at radius 1 is 1.09 bits per heavy atom. The molecule has 0 aliphatic rings. The van der Waals surface area contributed by atoms with Crippen LogP contribution in [0.25, 0.3) is 15.8 Å². The quantitative estimate of drug-likeness (QED) is 0.392. The first kappa shape index (κ1) is 22.9. The number of nitrogens with zero attached hydrogens (tertiary/aromatic N) is 3. The van der Waals surface area contributed by atoms with E-state index in [2.05, 4.69) is 4.37 Å². The maximum absolute atomic E-state index is 13.1. The SMILES string of the molecule is COC(OCc1ccccc1)c1nsc2ccc(-n3c(=O)cc(C(F)(F)F)n(C)c3=O)cc12. The molecule has 33 heavy (non-hydrogen) atoms. The summed E-state index contributed by atoms with van der Waals surface area (Å²) in [6.45, 7) is 0.261. The molecule has 4 rings (SSSR count). The summed E-state index contributed by atoms with van der Waals surface area (Å²) in [5.74, 6) is 0. The van der Waals surface area contributed by atoms with Crippen molar-refractivity contribution >= 4 is 21.6 Å². The lowest BCUT2D eigenvalue weighted by atomic mass is 10.2. The van der Waals surface area contributed by atoms with Gasteiger partial charge in [-0.25, -0.2) is 9.36 Å². The van der Waals surface area contributed by atoms with Gasteiger partial charge < -0.3 is 9.47 Å². The molecule has 0 N–H and O–H groups in total. The van der Waals surface area contributed by atoms with Gasteiger partial charge in [-0.05, 0) is 35.3 Å². The van der Waals surface area contributed by atoms with E-state index in [0.29, 0.717) is 26.3 Å². The average Bonchev–Trinajstić information content (AvgIpc) is 3.20. The summed E-state index contributed by atoms with van der Waals surface area (Å²) < 4.78 is 57.0. The van der Waals surface area contributed by atoms with Crippen LogP contribution in [0.5, 0.6) is 0 Å². The fraction of sp³-hybridized carbons (Fsp3) is 0.227. The highest BCUT2D eigenvalue weighted by atomic mass is 32.1. The van der Waals surface area contributed by atoms with Gasteiger partial charge in [0, 0.05) is 25.6 Å². The number of alkyl halides is 3. The lowest BCUT2D eigenvalue weighted by Gasteiger charge is -2.16. The van der Waals surface area contributed by atoms with Crippen molar-refractivity contribution in [1.82, 2.24) is 13.5 Å². The molecule has 1 atom stereocenters. The summed E-state index contributed by atoms with van der Waals surface area (Å²) in [4.78, 5) is 25.1. The molecule has 0 saturated carbocycles. The van der Waals surface area contributed by atoms with Crippen LogP contribution in [0.15, 0.2) is 64.2 Å². The zero-order valence-electron chi connectivity index (χ0n) is 17.5. The Morgan fingerprint density at radius 3 is 2.48 bits per heavy atom. The van der Waals surface area contributed by atoms with Gasteiger partial charge in [0.25, 0.3) is 5.56 Å². The van der Waals surface area contributed by atoms with E-state index < -0.39 is 29.4 Å². The number of ether oxygens (including phenoxy) is 2. The molecular weight excluding hydrogens is 459 g/mol. The molecule has 0 radical (unpaired) electrons. The van der Waals surface area contributed by atoms with Crippen molar-refractivity contribution in [2.45, 2.75) is 19.1 Å². The van der Waals surface area contributed by atoms with Crippen LogP contribution < -0.4 is 11.2 Å². The Balaban J connectivity index is 1.75. The van der Waals surface area contributed by atoms with Gasteiger partial charge in [0.05, 0.1) is 17.0 Å². The third-order valence-electron chi connectivity index (χ3n) is 5.03. The number of benzene rings is 2. The van der Waals surface area contributed by atoms with Crippen molar-refractivity contribution in [1.29, 1.82) is 0 Å². The third kappa shape index (κ3) is 4.47. The van der Waals surface area contributed by atoms with Crippen LogP contribution >= 0.6 is 11.5 Å². The zero-order valence-corrected chi connectivity index (χ0v) is 18.3. The Bertz CT molecular complexity index is 1410. The first-order valence-corrected chi connectivity index (χ1v) is 10.5. The molecule has 2 aromatic carbocycles. The van der Waals surface area contributed by atoms with Crippen LogP contribution in [0.1, 0.15) is 23.2 Å². The van der Waals surface area contributed by atoms with Crippen molar-refractivity contribution in [3.63, 3.8) is 0 Å². The first-order valence-electron chi connectivity index (χ1n) is 9.69. The zero-order chi connectivity index (χ0) is 23.8. The number of aromatic nitrogens is 3. The minimum Gasteiger partial charge on any atom is -0.350 e. The highest BCUT2D eigenvalue weighted by Crippen LogP contribution is 2.32. The molecule has 11 heteroatoms. The largest absolute Gasteiger partial charge is 0.431 e. The number of hydrogen-bond donors (Lipinski definition) is 0. The van der Waals surface area contributed by atoms with E-state index in [1.54, 1.807) is 6.07 Å². The summed E-state index contributed by atoms with van der Waals surface area (Å²) in [7, 11) is 2.43. The molecule has 0 saturated heterocycles. The second-order valence-corrected chi connectivity index (χ2v) is 7.96. The molecule has 0 aliphatic carbocycles. The van der Waals surface area contributed by atoms with E-state index in [9.17, 15) is 22.8 Å². The molecular formula is C22H18F3N3O4S. The summed E-state index contributed by atoms with van der Waals surface area (Å²) in [6, 6.07) is 14.5. The second-order valence-electron chi connectivity index (χ2n) is 7.16. The predicted octanol–water partition coefficient (Wildman–Crippen LogP) is 4.03. The molecule has 0 aliphatic heterocycles. The van der Waals surface area contributed by atoms with Gasteiger partial charge in [-0.3, -0.25) is 9.36 Å². The average molecular weight is 477 g/mol. The summed E-state index contributed by atoms with van der Waals surface area (Å²) in [6.07, 6.45) is -5.66. The highest BCUT2D eigenvalue weighted by Gasteiger charge is 2.35. The molecule has 7 nitrogen and oxygen atoms in total. The maximum Gasteiger partial charge on any atom is 0.431 e. The third-order valence-corrected chi connectivity index (χ3v) is 5.87. The predicted molar refractivity (Wildman–Crippen MR) is 116 cm³/mol. The van der Waals surface area contributed by atoms with Crippen molar-refractivity contribution in [2.75, 3.05) is 7.11 Å². The van der Waals surface area contributed by atoms with Gasteiger partial charge >= 0.3 is 11.9 Å². The van der Waals surface area contributed by atoms with Gasteiger partial charge in [0.1, 0.15) is 11.4 Å². The Labute approximate surface area is 189 Å². The van der Waals surface area contributed by atoms with E-state index in [1.807, 2.05) is 30.3 Å². The molecule has 4 aromatic rings. The summed E-state index contributed by atoms with van der Waals surface area (Å²) >= 11 is 1.17. The lowest BCUT2D eigenvalue weighted by molar-refractivity contribution is -0.144. The Morgan fingerprint density at radius 2 is 1.82 bits per heavy atom. The van der Waals surface area contributed by atoms with E-state index in [-0.39, 0.29) is 12.3 Å². The number of halogens is 3. The van der Waals surface area contributed by atoms with Crippen LogP contribution in [0.2, 0.25) is 0 Å². The van der Waals surface area contributed by atoms with E-state index in [1.165, 1.54) is 30.8 Å².